The van der Waals surface area contributed by atoms with Crippen LogP contribution in [0.5, 0.6) is 0 Å². The maximum atomic E-state index is 5.07. The van der Waals surface area contributed by atoms with Gasteiger partial charge in [-0.3, -0.25) is 0 Å². The van der Waals surface area contributed by atoms with E-state index in [2.05, 4.69) is 0 Å². The Bertz CT molecular complexity index is 21.6. The largest absolute Gasteiger partial charge is 0.381 e. The minimum Gasteiger partial charge on any atom is -0.381 e. The molecule has 0 unspecified atom stereocenters. The third-order valence-electron chi connectivity index (χ3n) is 1.08. The van der Waals surface area contributed by atoms with Gasteiger partial charge in [0.05, 0.1) is 0 Å². The molecule has 1 aliphatic rings. The molecule has 2 nitrogen and oxygen atoms in total. The van der Waals surface area contributed by atoms with Gasteiger partial charge in [0.2, 0.25) is 0 Å². The van der Waals surface area contributed by atoms with Crippen LogP contribution in [0.1, 0.15) is 19.3 Å². The van der Waals surface area contributed by atoms with E-state index in [1.54, 1.807) is 0 Å². The molecule has 0 aromatic heterocycles. The van der Waals surface area contributed by atoms with Crippen molar-refractivity contribution in [1.82, 2.24) is 0 Å². The van der Waals surface area contributed by atoms with E-state index in [1.165, 1.54) is 19.3 Å². The first-order chi connectivity index (χ1) is 3.00. The Hall–Kier alpha value is -0.0800. The van der Waals surface area contributed by atoms with Crippen LogP contribution in [0.4, 0.5) is 0 Å². The summed E-state index contributed by atoms with van der Waals surface area (Å²) in [5.41, 5.74) is 0. The van der Waals surface area contributed by atoms with Gasteiger partial charge in [-0.05, 0) is 19.3 Å². The van der Waals surface area contributed by atoms with Gasteiger partial charge in [0.25, 0.3) is 0 Å². The number of rotatable bonds is 0. The molecule has 1 aliphatic heterocycles. The Morgan fingerprint density at radius 2 is 1.43 bits per heavy atom. The van der Waals surface area contributed by atoms with Crippen molar-refractivity contribution >= 4 is 0 Å². The third kappa shape index (κ3) is 2.60. The van der Waals surface area contributed by atoms with Gasteiger partial charge in [-0.15, -0.1) is 0 Å². The fraction of sp³-hybridized carbons (Fsp3) is 1.00. The summed E-state index contributed by atoms with van der Waals surface area (Å²) in [6.45, 7) is 2.00. The fourth-order valence-corrected chi connectivity index (χ4v) is 0.687. The van der Waals surface area contributed by atoms with Crippen molar-refractivity contribution in [2.45, 2.75) is 19.3 Å². The molecule has 7 heavy (non-hydrogen) atoms. The van der Waals surface area contributed by atoms with Crippen molar-refractivity contribution in [3.63, 3.8) is 0 Å². The van der Waals surface area contributed by atoms with Crippen LogP contribution in [0.3, 0.4) is 0 Å². The van der Waals surface area contributed by atoms with Crippen LogP contribution in [0, 0.1) is 0 Å². The predicted octanol–water partition coefficient (Wildman–Crippen LogP) is 1.07. The molecule has 0 amide bonds. The number of hydrogen-bond acceptors (Lipinski definition) is 1. The molecular weight excluding hydrogens is 92.1 g/mol. The second kappa shape index (κ2) is 4.09. The van der Waals surface area contributed by atoms with Crippen LogP contribution in [-0.2, 0) is 10.2 Å². The highest BCUT2D eigenvalue weighted by Gasteiger charge is 1.94. The van der Waals surface area contributed by atoms with Crippen LogP contribution in [0.25, 0.3) is 0 Å². The highest BCUT2D eigenvalue weighted by molar-refractivity contribution is 4.45. The van der Waals surface area contributed by atoms with Gasteiger partial charge < -0.3 is 4.74 Å². The van der Waals surface area contributed by atoms with Crippen LogP contribution in [-0.4, -0.2) is 13.2 Å². The lowest BCUT2D eigenvalue weighted by atomic mass is 10.2. The predicted molar refractivity (Wildman–Crippen MR) is 25.4 cm³/mol. The Labute approximate surface area is 43.8 Å². The minimum absolute atomic E-state index is 0. The summed E-state index contributed by atoms with van der Waals surface area (Å²) in [6, 6.07) is 0. The molecular formula is C5H10O2. The van der Waals surface area contributed by atoms with Crippen molar-refractivity contribution in [2.24, 2.45) is 0 Å². The normalized spacial score (nSPS) is 20.6. The van der Waals surface area contributed by atoms with Gasteiger partial charge in [0.1, 0.15) is 0 Å². The molecule has 2 heteroatoms. The van der Waals surface area contributed by atoms with E-state index in [0.29, 0.717) is 0 Å². The summed E-state index contributed by atoms with van der Waals surface area (Å²) in [5, 5.41) is 0. The van der Waals surface area contributed by atoms with Crippen molar-refractivity contribution in [3.05, 3.63) is 0 Å². The molecule has 1 heterocycles. The van der Waals surface area contributed by atoms with Gasteiger partial charge in [-0.25, -0.2) is 0 Å². The first-order valence-electron chi connectivity index (χ1n) is 2.58. The standard InChI is InChI=1S/C5H10O.O/c1-2-4-6-5-3-1;/h1-5H2;. The zero-order valence-corrected chi connectivity index (χ0v) is 4.35. The lowest BCUT2D eigenvalue weighted by Gasteiger charge is -2.08. The zero-order valence-electron chi connectivity index (χ0n) is 4.35. The average molecular weight is 102 g/mol. The Kier molecular flexibility index (Phi) is 4.04. The lowest BCUT2D eigenvalue weighted by Crippen LogP contribution is -2.03. The van der Waals surface area contributed by atoms with Gasteiger partial charge in [0, 0.05) is 18.7 Å². The summed E-state index contributed by atoms with van der Waals surface area (Å²) in [7, 11) is 0. The van der Waals surface area contributed by atoms with Crippen LogP contribution in [0.15, 0.2) is 0 Å². The second-order valence-electron chi connectivity index (χ2n) is 1.67. The molecule has 0 spiro atoms. The SMILES string of the molecule is C1CCOCC1.[O]. The maximum absolute atomic E-state index is 5.07. The Morgan fingerprint density at radius 1 is 0.857 bits per heavy atom. The molecule has 0 saturated carbocycles. The summed E-state index contributed by atoms with van der Waals surface area (Å²) in [4.78, 5) is 0. The second-order valence-corrected chi connectivity index (χ2v) is 1.67. The summed E-state index contributed by atoms with van der Waals surface area (Å²) >= 11 is 0. The van der Waals surface area contributed by atoms with E-state index < -0.39 is 0 Å². The van der Waals surface area contributed by atoms with Gasteiger partial charge in [-0.1, -0.05) is 0 Å². The molecule has 0 N–H and O–H groups in total. The summed E-state index contributed by atoms with van der Waals surface area (Å²) in [5.74, 6) is 0. The monoisotopic (exact) mass is 102 g/mol. The molecule has 0 bridgehead atoms. The minimum atomic E-state index is 0. The highest BCUT2D eigenvalue weighted by atomic mass is 16.5. The Morgan fingerprint density at radius 3 is 1.57 bits per heavy atom. The van der Waals surface area contributed by atoms with Crippen LogP contribution >= 0.6 is 0 Å². The third-order valence-corrected chi connectivity index (χ3v) is 1.08. The van der Waals surface area contributed by atoms with E-state index in [1.807, 2.05) is 0 Å². The molecule has 1 saturated heterocycles. The first kappa shape index (κ1) is 6.92. The van der Waals surface area contributed by atoms with Crippen LogP contribution in [0.2, 0.25) is 0 Å². The quantitative estimate of drug-likeness (QED) is 0.450. The van der Waals surface area contributed by atoms with Gasteiger partial charge >= 0.3 is 0 Å². The Balaban J connectivity index is 0.000000360. The van der Waals surface area contributed by atoms with Crippen molar-refractivity contribution in [3.8, 4) is 0 Å². The van der Waals surface area contributed by atoms with Crippen molar-refractivity contribution in [1.29, 1.82) is 0 Å². The zero-order chi connectivity index (χ0) is 4.24. The molecule has 1 fully saturated rings. The van der Waals surface area contributed by atoms with E-state index in [4.69, 9.17) is 4.74 Å². The summed E-state index contributed by atoms with van der Waals surface area (Å²) < 4.78 is 5.07. The number of ether oxygens (including phenoxy) is 1. The lowest BCUT2D eigenvalue weighted by molar-refractivity contribution is 0.0968. The topological polar surface area (TPSA) is 37.7 Å². The smallest absolute Gasteiger partial charge is 0.0466 e. The molecule has 2 radical (unpaired) electrons. The van der Waals surface area contributed by atoms with Crippen LogP contribution < -0.4 is 0 Å². The molecule has 0 aromatic rings. The van der Waals surface area contributed by atoms with E-state index in [0.717, 1.165) is 13.2 Å². The van der Waals surface area contributed by atoms with E-state index >= 15 is 0 Å². The fourth-order valence-electron chi connectivity index (χ4n) is 0.687. The summed E-state index contributed by atoms with van der Waals surface area (Å²) in [6.07, 6.45) is 3.93. The maximum Gasteiger partial charge on any atom is 0.0466 e. The van der Waals surface area contributed by atoms with E-state index in [-0.39, 0.29) is 5.48 Å². The van der Waals surface area contributed by atoms with Crippen molar-refractivity contribution < 1.29 is 10.2 Å². The van der Waals surface area contributed by atoms with Crippen molar-refractivity contribution in [2.75, 3.05) is 13.2 Å². The molecule has 0 aliphatic carbocycles. The van der Waals surface area contributed by atoms with Gasteiger partial charge in [0.15, 0.2) is 0 Å². The highest BCUT2D eigenvalue weighted by Crippen LogP contribution is 2.01. The molecule has 0 atom stereocenters. The van der Waals surface area contributed by atoms with Gasteiger partial charge in [-0.2, -0.15) is 0 Å². The molecule has 0 aromatic carbocycles. The van der Waals surface area contributed by atoms with E-state index in [9.17, 15) is 0 Å². The first-order valence-corrected chi connectivity index (χ1v) is 2.58. The molecule has 42 valence electrons. The number of hydrogen-bond donors (Lipinski definition) is 0. The molecule has 1 rings (SSSR count). The average Bonchev–Trinajstić information content (AvgIpc) is 1.72.